The summed E-state index contributed by atoms with van der Waals surface area (Å²) in [6.07, 6.45) is 6.01. The minimum Gasteiger partial charge on any atom is -0.368 e. The van der Waals surface area contributed by atoms with Gasteiger partial charge in [-0.1, -0.05) is 0 Å². The van der Waals surface area contributed by atoms with Crippen LogP contribution in [0.1, 0.15) is 19.2 Å². The van der Waals surface area contributed by atoms with Crippen LogP contribution >= 0.6 is 0 Å². The number of carbonyl (C=O) groups excluding carboxylic acids is 3. The summed E-state index contributed by atoms with van der Waals surface area (Å²) in [6, 6.07) is 7.22. The van der Waals surface area contributed by atoms with Gasteiger partial charge >= 0.3 is 6.03 Å². The molecule has 29 heavy (non-hydrogen) atoms. The van der Waals surface area contributed by atoms with Crippen LogP contribution < -0.4 is 10.6 Å². The van der Waals surface area contributed by atoms with Crippen LogP contribution in [-0.4, -0.2) is 62.9 Å². The van der Waals surface area contributed by atoms with Gasteiger partial charge in [-0.15, -0.1) is 0 Å². The maximum absolute atomic E-state index is 12.8. The zero-order chi connectivity index (χ0) is 20.8. The predicted octanol–water partition coefficient (Wildman–Crippen LogP) is 0.925. The summed E-state index contributed by atoms with van der Waals surface area (Å²) in [5.74, 6) is 0.193. The molecule has 9 heteroatoms. The van der Waals surface area contributed by atoms with Gasteiger partial charge in [-0.25, -0.2) is 9.78 Å². The molecule has 9 nitrogen and oxygen atoms in total. The molecule has 3 heterocycles. The number of primary amides is 1. The molecule has 0 unspecified atom stereocenters. The predicted molar refractivity (Wildman–Crippen MR) is 106 cm³/mol. The maximum atomic E-state index is 12.8. The molecule has 2 aromatic rings. The Morgan fingerprint density at radius 3 is 2.55 bits per heavy atom. The van der Waals surface area contributed by atoms with Crippen molar-refractivity contribution < 1.29 is 14.4 Å². The number of anilines is 1. The molecule has 2 saturated heterocycles. The zero-order valence-electron chi connectivity index (χ0n) is 16.4. The van der Waals surface area contributed by atoms with E-state index in [1.165, 1.54) is 6.92 Å². The second-order valence-corrected chi connectivity index (χ2v) is 7.41. The van der Waals surface area contributed by atoms with Crippen molar-refractivity contribution >= 4 is 23.5 Å². The molecule has 0 saturated carbocycles. The van der Waals surface area contributed by atoms with Gasteiger partial charge in [0.05, 0.1) is 13.1 Å². The number of imidazole rings is 1. The van der Waals surface area contributed by atoms with E-state index in [1.807, 2.05) is 41.5 Å². The number of amides is 4. The third kappa shape index (κ3) is 3.02. The molecule has 0 bridgehead atoms. The van der Waals surface area contributed by atoms with Crippen molar-refractivity contribution in [3.05, 3.63) is 48.9 Å². The molecule has 2 N–H and O–H groups in total. The summed E-state index contributed by atoms with van der Waals surface area (Å²) >= 11 is 0. The number of rotatable bonds is 5. The first-order chi connectivity index (χ1) is 13.8. The highest BCUT2D eigenvalue weighted by Crippen LogP contribution is 2.38. The number of hydrogen-bond acceptors (Lipinski definition) is 4. The molecule has 2 aliphatic rings. The Morgan fingerprint density at radius 1 is 1.24 bits per heavy atom. The summed E-state index contributed by atoms with van der Waals surface area (Å²) in [5, 5.41) is 0. The lowest BCUT2D eigenvalue weighted by Gasteiger charge is -2.25. The number of hydrogen-bond donors (Lipinski definition) is 1. The Balaban J connectivity index is 1.57. The monoisotopic (exact) mass is 395 g/mol. The Kier molecular flexibility index (Phi) is 4.52. The van der Waals surface area contributed by atoms with E-state index < -0.39 is 11.4 Å². The van der Waals surface area contributed by atoms with E-state index >= 15 is 0 Å². The highest BCUT2D eigenvalue weighted by atomic mass is 16.2. The fraction of sp³-hybridized carbons (Fsp3) is 0.350. The molecule has 151 valence electrons. The number of nitrogens with two attached hydrogens (primary N) is 1. The molecular weight excluding hydrogens is 372 g/mol. The highest BCUT2D eigenvalue weighted by molar-refractivity contribution is 6.04. The maximum Gasteiger partial charge on any atom is 0.325 e. The van der Waals surface area contributed by atoms with Crippen molar-refractivity contribution in [3.63, 3.8) is 0 Å². The van der Waals surface area contributed by atoms with E-state index in [0.29, 0.717) is 25.2 Å². The van der Waals surface area contributed by atoms with Gasteiger partial charge in [0.15, 0.2) is 0 Å². The van der Waals surface area contributed by atoms with Crippen molar-refractivity contribution in [2.45, 2.75) is 25.4 Å². The summed E-state index contributed by atoms with van der Waals surface area (Å²) in [7, 11) is 1.72. The summed E-state index contributed by atoms with van der Waals surface area (Å²) in [6.45, 7) is 2.62. The molecular formula is C20H23N6O3. The van der Waals surface area contributed by atoms with Gasteiger partial charge in [0.1, 0.15) is 11.4 Å². The van der Waals surface area contributed by atoms with Crippen LogP contribution in [0, 0.1) is 6.42 Å². The lowest BCUT2D eigenvalue weighted by atomic mass is 9.96. The lowest BCUT2D eigenvalue weighted by molar-refractivity contribution is -0.128. The normalized spacial score (nSPS) is 20.8. The van der Waals surface area contributed by atoms with Gasteiger partial charge in [0.2, 0.25) is 11.8 Å². The number of aromatic nitrogens is 2. The zero-order valence-corrected chi connectivity index (χ0v) is 16.4. The second-order valence-electron chi connectivity index (χ2n) is 7.41. The Labute approximate surface area is 168 Å². The first-order valence-electron chi connectivity index (χ1n) is 9.41. The minimum absolute atomic E-state index is 0.0387. The molecule has 2 aliphatic heterocycles. The van der Waals surface area contributed by atoms with Crippen LogP contribution in [0.5, 0.6) is 0 Å². The number of nitrogens with zero attached hydrogens (tertiary/aromatic N) is 5. The number of urea groups is 1. The highest BCUT2D eigenvalue weighted by Gasteiger charge is 2.56. The SMILES string of the molecule is CC(=O)N(C)Cc1nccn1-c1ccc(N2C[C@@]3(C(N)=O)[CH]CCN3C2=O)cc1. The Bertz CT molecular complexity index is 969. The number of benzene rings is 1. The molecule has 4 rings (SSSR count). The molecule has 4 amide bonds. The second kappa shape index (κ2) is 6.91. The third-order valence-corrected chi connectivity index (χ3v) is 5.68. The summed E-state index contributed by atoms with van der Waals surface area (Å²) < 4.78 is 1.89. The van der Waals surface area contributed by atoms with Crippen LogP contribution in [-0.2, 0) is 16.1 Å². The first-order valence-corrected chi connectivity index (χ1v) is 9.41. The largest absolute Gasteiger partial charge is 0.368 e. The Morgan fingerprint density at radius 2 is 1.93 bits per heavy atom. The quantitative estimate of drug-likeness (QED) is 0.813. The fourth-order valence-corrected chi connectivity index (χ4v) is 3.93. The van der Waals surface area contributed by atoms with Gasteiger partial charge in [-0.3, -0.25) is 14.5 Å². The average Bonchev–Trinajstić information content (AvgIpc) is 3.38. The van der Waals surface area contributed by atoms with Gasteiger partial charge in [-0.2, -0.15) is 0 Å². The number of carbonyl (C=O) groups is 3. The molecule has 1 radical (unpaired) electrons. The van der Waals surface area contributed by atoms with E-state index in [9.17, 15) is 14.4 Å². The third-order valence-electron chi connectivity index (χ3n) is 5.68. The molecule has 1 aromatic carbocycles. The van der Waals surface area contributed by atoms with E-state index in [-0.39, 0.29) is 18.5 Å². The van der Waals surface area contributed by atoms with Gasteiger partial charge in [0, 0.05) is 50.7 Å². The van der Waals surface area contributed by atoms with E-state index in [0.717, 1.165) is 11.5 Å². The van der Waals surface area contributed by atoms with Crippen molar-refractivity contribution in [2.24, 2.45) is 5.73 Å². The van der Waals surface area contributed by atoms with Crippen molar-refractivity contribution in [2.75, 3.05) is 25.0 Å². The van der Waals surface area contributed by atoms with E-state index in [4.69, 9.17) is 5.73 Å². The summed E-state index contributed by atoms with van der Waals surface area (Å²) in [4.78, 5) is 45.4. The summed E-state index contributed by atoms with van der Waals surface area (Å²) in [5.41, 5.74) is 6.15. The molecule has 0 spiro atoms. The lowest BCUT2D eigenvalue weighted by Crippen LogP contribution is -2.53. The van der Waals surface area contributed by atoms with Crippen LogP contribution in [0.15, 0.2) is 36.7 Å². The van der Waals surface area contributed by atoms with Crippen LogP contribution in [0.4, 0.5) is 10.5 Å². The van der Waals surface area contributed by atoms with Crippen molar-refractivity contribution in [1.82, 2.24) is 19.4 Å². The Hall–Kier alpha value is -3.36. The molecule has 2 fully saturated rings. The van der Waals surface area contributed by atoms with Crippen LogP contribution in [0.2, 0.25) is 0 Å². The van der Waals surface area contributed by atoms with Gasteiger partial charge in [-0.05, 0) is 30.7 Å². The molecule has 1 atom stereocenters. The van der Waals surface area contributed by atoms with Gasteiger partial charge < -0.3 is 20.1 Å². The van der Waals surface area contributed by atoms with Crippen LogP contribution in [0.25, 0.3) is 5.69 Å². The molecule has 0 aliphatic carbocycles. The minimum atomic E-state index is -1.02. The van der Waals surface area contributed by atoms with E-state index in [1.54, 1.807) is 27.9 Å². The van der Waals surface area contributed by atoms with E-state index in [2.05, 4.69) is 4.98 Å². The van der Waals surface area contributed by atoms with Crippen molar-refractivity contribution in [3.8, 4) is 5.69 Å². The van der Waals surface area contributed by atoms with Crippen molar-refractivity contribution in [1.29, 1.82) is 0 Å². The van der Waals surface area contributed by atoms with Crippen LogP contribution in [0.3, 0.4) is 0 Å². The smallest absolute Gasteiger partial charge is 0.325 e. The molecule has 1 aromatic heterocycles. The first kappa shape index (κ1) is 19.0. The topological polar surface area (TPSA) is 105 Å². The fourth-order valence-electron chi connectivity index (χ4n) is 3.93. The average molecular weight is 395 g/mol. The number of fused-ring (bicyclic) bond motifs is 1. The standard InChI is InChI=1S/C20H23N6O3/c1-14(27)23(2)12-17-22-9-11-24(17)15-4-6-16(7-5-15)25-13-20(18(21)28)8-3-10-26(20)19(25)29/h4-9,11H,3,10,12-13H2,1-2H3,(H2,21,28)/t20-/m1/s1. The van der Waals surface area contributed by atoms with Gasteiger partial charge in [0.25, 0.3) is 0 Å².